The molecule has 2 aromatic rings. The molecule has 0 bridgehead atoms. The summed E-state index contributed by atoms with van der Waals surface area (Å²) in [4.78, 5) is 4.03. The second-order valence-corrected chi connectivity index (χ2v) is 3.60. The average molecular weight is 217 g/mol. The molecule has 0 unspecified atom stereocenters. The number of nitrogens with zero attached hydrogens (tertiary/aromatic N) is 2. The second kappa shape index (κ2) is 4.81. The van der Waals surface area contributed by atoms with Crippen molar-refractivity contribution in [2.24, 2.45) is 12.8 Å². The lowest BCUT2D eigenvalue weighted by Crippen LogP contribution is -2.04. The van der Waals surface area contributed by atoms with E-state index in [1.54, 1.807) is 12.5 Å². The Labute approximate surface area is 94.7 Å². The number of hydrogen-bond acceptors (Lipinski definition) is 3. The third-order valence-electron chi connectivity index (χ3n) is 2.48. The molecule has 0 aliphatic carbocycles. The van der Waals surface area contributed by atoms with Crippen molar-refractivity contribution in [3.8, 4) is 5.75 Å². The fourth-order valence-corrected chi connectivity index (χ4v) is 1.49. The number of aryl methyl sites for hydroxylation is 1. The van der Waals surface area contributed by atoms with Gasteiger partial charge in [0, 0.05) is 19.2 Å². The molecule has 0 amide bonds. The predicted octanol–water partition coefficient (Wildman–Crippen LogP) is 1.46. The zero-order chi connectivity index (χ0) is 11.4. The van der Waals surface area contributed by atoms with Crippen LogP contribution in [0.1, 0.15) is 11.3 Å². The van der Waals surface area contributed by atoms with Gasteiger partial charge >= 0.3 is 0 Å². The molecule has 16 heavy (non-hydrogen) atoms. The molecule has 0 radical (unpaired) electrons. The van der Waals surface area contributed by atoms with Crippen LogP contribution < -0.4 is 10.5 Å². The van der Waals surface area contributed by atoms with E-state index in [1.165, 1.54) is 0 Å². The number of imidazole rings is 1. The Kier molecular flexibility index (Phi) is 3.22. The average Bonchev–Trinajstić information content (AvgIpc) is 2.72. The molecule has 2 rings (SSSR count). The zero-order valence-corrected chi connectivity index (χ0v) is 9.26. The van der Waals surface area contributed by atoms with Gasteiger partial charge in [-0.15, -0.1) is 0 Å². The Morgan fingerprint density at radius 2 is 2.19 bits per heavy atom. The first-order valence-electron chi connectivity index (χ1n) is 5.17. The minimum atomic E-state index is 0.488. The summed E-state index contributed by atoms with van der Waals surface area (Å²) >= 11 is 0. The van der Waals surface area contributed by atoms with Crippen LogP contribution in [0.2, 0.25) is 0 Å². The molecular formula is C12H15N3O. The number of hydrogen-bond donors (Lipinski definition) is 1. The summed E-state index contributed by atoms with van der Waals surface area (Å²) < 4.78 is 7.65. The quantitative estimate of drug-likeness (QED) is 0.843. The normalized spacial score (nSPS) is 10.4. The third kappa shape index (κ3) is 2.23. The molecule has 84 valence electrons. The summed E-state index contributed by atoms with van der Waals surface area (Å²) in [6.07, 6.45) is 3.55. The van der Waals surface area contributed by atoms with Crippen molar-refractivity contribution in [1.29, 1.82) is 0 Å². The first kappa shape index (κ1) is 10.7. The Hall–Kier alpha value is -1.81. The van der Waals surface area contributed by atoms with E-state index in [0.29, 0.717) is 13.2 Å². The second-order valence-electron chi connectivity index (χ2n) is 3.60. The van der Waals surface area contributed by atoms with Crippen LogP contribution in [0.15, 0.2) is 36.8 Å². The van der Waals surface area contributed by atoms with Gasteiger partial charge in [0.05, 0.1) is 18.2 Å². The summed E-state index contributed by atoms with van der Waals surface area (Å²) in [5, 5.41) is 0. The lowest BCUT2D eigenvalue weighted by atomic mass is 10.2. The molecule has 1 aromatic heterocycles. The van der Waals surface area contributed by atoms with Gasteiger partial charge in [0.2, 0.25) is 0 Å². The highest BCUT2D eigenvalue weighted by atomic mass is 16.5. The molecule has 0 spiro atoms. The number of aromatic nitrogens is 2. The maximum Gasteiger partial charge on any atom is 0.130 e. The fourth-order valence-electron chi connectivity index (χ4n) is 1.49. The molecule has 0 saturated heterocycles. The van der Waals surface area contributed by atoms with E-state index in [1.807, 2.05) is 35.9 Å². The van der Waals surface area contributed by atoms with Crippen molar-refractivity contribution < 1.29 is 4.74 Å². The summed E-state index contributed by atoms with van der Waals surface area (Å²) in [6, 6.07) is 7.80. The monoisotopic (exact) mass is 217 g/mol. The summed E-state index contributed by atoms with van der Waals surface area (Å²) in [5.74, 6) is 0.839. The number of nitrogens with two attached hydrogens (primary N) is 1. The van der Waals surface area contributed by atoms with Crippen molar-refractivity contribution in [3.63, 3.8) is 0 Å². The Balaban J connectivity index is 2.07. The van der Waals surface area contributed by atoms with Crippen molar-refractivity contribution in [2.45, 2.75) is 13.2 Å². The Morgan fingerprint density at radius 1 is 1.38 bits per heavy atom. The van der Waals surface area contributed by atoms with Crippen LogP contribution in [-0.4, -0.2) is 9.55 Å². The van der Waals surface area contributed by atoms with Crippen molar-refractivity contribution in [2.75, 3.05) is 0 Å². The number of benzene rings is 1. The molecule has 0 fully saturated rings. The highest BCUT2D eigenvalue weighted by Gasteiger charge is 2.03. The van der Waals surface area contributed by atoms with Crippen LogP contribution in [-0.2, 0) is 20.2 Å². The first-order valence-corrected chi connectivity index (χ1v) is 5.17. The molecule has 0 aliphatic rings. The predicted molar refractivity (Wildman–Crippen MR) is 61.9 cm³/mol. The fraction of sp³-hybridized carbons (Fsp3) is 0.250. The lowest BCUT2D eigenvalue weighted by molar-refractivity contribution is 0.294. The Morgan fingerprint density at radius 3 is 2.88 bits per heavy atom. The summed E-state index contributed by atoms with van der Waals surface area (Å²) in [6.45, 7) is 0.995. The third-order valence-corrected chi connectivity index (χ3v) is 2.48. The van der Waals surface area contributed by atoms with Gasteiger partial charge in [-0.25, -0.2) is 4.98 Å². The molecule has 0 saturated carbocycles. The molecule has 1 aromatic carbocycles. The largest absolute Gasteiger partial charge is 0.487 e. The van der Waals surface area contributed by atoms with E-state index in [9.17, 15) is 0 Å². The van der Waals surface area contributed by atoms with Crippen LogP contribution in [0.5, 0.6) is 5.75 Å². The highest BCUT2D eigenvalue weighted by Crippen LogP contribution is 2.18. The maximum atomic E-state index is 5.71. The van der Waals surface area contributed by atoms with Gasteiger partial charge in [-0.05, 0) is 6.07 Å². The van der Waals surface area contributed by atoms with E-state index >= 15 is 0 Å². The van der Waals surface area contributed by atoms with Gasteiger partial charge in [-0.3, -0.25) is 0 Å². The van der Waals surface area contributed by atoms with Crippen LogP contribution in [0.4, 0.5) is 0 Å². The van der Waals surface area contributed by atoms with Crippen molar-refractivity contribution in [3.05, 3.63) is 48.0 Å². The van der Waals surface area contributed by atoms with Crippen LogP contribution >= 0.6 is 0 Å². The van der Waals surface area contributed by atoms with Crippen molar-refractivity contribution in [1.82, 2.24) is 9.55 Å². The van der Waals surface area contributed by atoms with Gasteiger partial charge < -0.3 is 15.0 Å². The standard InChI is InChI=1S/C12H15N3O/c1-15-9-14-7-11(15)8-16-12-5-3-2-4-10(12)6-13/h2-5,7,9H,6,8,13H2,1H3. The SMILES string of the molecule is Cn1cncc1COc1ccccc1CN. The van der Waals surface area contributed by atoms with E-state index in [-0.39, 0.29) is 0 Å². The van der Waals surface area contributed by atoms with Crippen molar-refractivity contribution >= 4 is 0 Å². The minimum absolute atomic E-state index is 0.488. The van der Waals surface area contributed by atoms with Gasteiger partial charge in [-0.1, -0.05) is 18.2 Å². The van der Waals surface area contributed by atoms with Gasteiger partial charge in [0.25, 0.3) is 0 Å². The number of rotatable bonds is 4. The highest BCUT2D eigenvalue weighted by molar-refractivity contribution is 5.33. The van der Waals surface area contributed by atoms with Gasteiger partial charge in [0.1, 0.15) is 12.4 Å². The molecule has 0 aliphatic heterocycles. The number of para-hydroxylation sites is 1. The number of ether oxygens (including phenoxy) is 1. The minimum Gasteiger partial charge on any atom is -0.487 e. The zero-order valence-electron chi connectivity index (χ0n) is 9.26. The summed E-state index contributed by atoms with van der Waals surface area (Å²) in [5.41, 5.74) is 7.68. The van der Waals surface area contributed by atoms with Gasteiger partial charge in [0.15, 0.2) is 0 Å². The van der Waals surface area contributed by atoms with Crippen LogP contribution in [0.25, 0.3) is 0 Å². The van der Waals surface area contributed by atoms with Crippen LogP contribution in [0, 0.1) is 0 Å². The molecule has 2 N–H and O–H groups in total. The molecule has 4 heteroatoms. The first-order chi connectivity index (χ1) is 7.81. The van der Waals surface area contributed by atoms with E-state index in [4.69, 9.17) is 10.5 Å². The van der Waals surface area contributed by atoms with Crippen LogP contribution in [0.3, 0.4) is 0 Å². The topological polar surface area (TPSA) is 53.1 Å². The molecule has 1 heterocycles. The van der Waals surface area contributed by atoms with E-state index < -0.39 is 0 Å². The lowest BCUT2D eigenvalue weighted by Gasteiger charge is -2.10. The van der Waals surface area contributed by atoms with E-state index in [2.05, 4.69) is 4.98 Å². The smallest absolute Gasteiger partial charge is 0.130 e. The van der Waals surface area contributed by atoms with E-state index in [0.717, 1.165) is 17.0 Å². The Bertz CT molecular complexity index is 465. The molecule has 0 atom stereocenters. The molecule has 4 nitrogen and oxygen atoms in total. The summed E-state index contributed by atoms with van der Waals surface area (Å²) in [7, 11) is 1.94. The molecular weight excluding hydrogens is 202 g/mol. The van der Waals surface area contributed by atoms with Gasteiger partial charge in [-0.2, -0.15) is 0 Å². The maximum absolute atomic E-state index is 5.71.